The van der Waals surface area contributed by atoms with Gasteiger partial charge in [-0.3, -0.25) is 0 Å². The molecule has 0 saturated carbocycles. The van der Waals surface area contributed by atoms with E-state index in [0.717, 1.165) is 0 Å². The summed E-state index contributed by atoms with van der Waals surface area (Å²) in [6.07, 6.45) is 10.0. The van der Waals surface area contributed by atoms with Crippen LogP contribution in [0.1, 0.15) is 0 Å². The zero-order valence-electron chi connectivity index (χ0n) is 9.25. The molecule has 0 amide bonds. The minimum absolute atomic E-state index is 1.50. The maximum atomic E-state index is 9.86. The molecule has 0 aliphatic heterocycles. The molecule has 0 saturated heterocycles. The third-order valence-electron chi connectivity index (χ3n) is 0.556. The first-order valence-corrected chi connectivity index (χ1v) is 6.75. The quantitative estimate of drug-likeness (QED) is 0.631. The molecule has 1 aliphatic carbocycles. The van der Waals surface area contributed by atoms with Crippen molar-refractivity contribution in [3.8, 4) is 0 Å². The number of hydrogen-bond donors (Lipinski definition) is 3. The van der Waals surface area contributed by atoms with E-state index in [2.05, 4.69) is 17.2 Å². The summed E-state index contributed by atoms with van der Waals surface area (Å²) in [6.45, 7) is 0. The summed E-state index contributed by atoms with van der Waals surface area (Å²) in [6, 6.07) is 0. The van der Waals surface area contributed by atoms with Crippen molar-refractivity contribution in [3.05, 3.63) is 30.7 Å². The van der Waals surface area contributed by atoms with Crippen LogP contribution in [0.2, 0.25) is 0 Å². The number of allylic oxidation sites excluding steroid dienone is 4. The SMILES string of the molecule is CN.CN.CN.[CH]1C=CC=C1.[F][Zr]([F])[F]. The Hall–Kier alpha value is 0.0331. The summed E-state index contributed by atoms with van der Waals surface area (Å²) in [4.78, 5) is 0. The first-order valence-electron chi connectivity index (χ1n) is 3.97. The van der Waals surface area contributed by atoms with E-state index in [1.165, 1.54) is 21.1 Å². The summed E-state index contributed by atoms with van der Waals surface area (Å²) in [5.41, 5.74) is 13.5. The Balaban J connectivity index is -0.0000000552. The fraction of sp³-hybridized carbons (Fsp3) is 0.375. The second-order valence-electron chi connectivity index (χ2n) is 1.18. The van der Waals surface area contributed by atoms with Gasteiger partial charge >= 0.3 is 31.5 Å². The van der Waals surface area contributed by atoms with E-state index in [4.69, 9.17) is 0 Å². The Morgan fingerprint density at radius 1 is 0.667 bits per heavy atom. The molecule has 7 heteroatoms. The van der Waals surface area contributed by atoms with Crippen molar-refractivity contribution in [2.24, 2.45) is 17.2 Å². The third kappa shape index (κ3) is 80.2. The molecular weight excluding hydrogens is 286 g/mol. The molecule has 6 N–H and O–H groups in total. The van der Waals surface area contributed by atoms with Gasteiger partial charge in [0.1, 0.15) is 0 Å². The number of rotatable bonds is 0. The van der Waals surface area contributed by atoms with Crippen molar-refractivity contribution in [2.45, 2.75) is 0 Å². The zero-order chi connectivity index (χ0) is 13.1. The van der Waals surface area contributed by atoms with Gasteiger partial charge in [-0.05, 0) is 21.1 Å². The van der Waals surface area contributed by atoms with Crippen molar-refractivity contribution >= 4 is 0 Å². The van der Waals surface area contributed by atoms with E-state index >= 15 is 0 Å². The molecule has 0 fully saturated rings. The summed E-state index contributed by atoms with van der Waals surface area (Å²) in [7, 11) is 4.50. The van der Waals surface area contributed by atoms with Crippen LogP contribution in [0.15, 0.2) is 24.3 Å². The van der Waals surface area contributed by atoms with Gasteiger partial charge in [-0.1, -0.05) is 24.3 Å². The predicted octanol–water partition coefficient (Wildman–Crippen LogP) is 1.30. The van der Waals surface area contributed by atoms with Crippen LogP contribution in [-0.4, -0.2) is 21.1 Å². The molecule has 3 nitrogen and oxygen atoms in total. The zero-order valence-corrected chi connectivity index (χ0v) is 11.7. The Bertz CT molecular complexity index is 109. The van der Waals surface area contributed by atoms with Crippen LogP contribution >= 0.6 is 0 Å². The van der Waals surface area contributed by atoms with Gasteiger partial charge in [-0.25, -0.2) is 0 Å². The molecule has 92 valence electrons. The van der Waals surface area contributed by atoms with E-state index in [9.17, 15) is 7.88 Å². The molecule has 0 bridgehead atoms. The molecule has 0 spiro atoms. The molecule has 0 aromatic rings. The van der Waals surface area contributed by atoms with E-state index < -0.39 is 23.6 Å². The first kappa shape index (κ1) is 24.3. The van der Waals surface area contributed by atoms with Gasteiger partial charge in [0.25, 0.3) is 0 Å². The van der Waals surface area contributed by atoms with Gasteiger partial charge in [0.15, 0.2) is 0 Å². The van der Waals surface area contributed by atoms with Gasteiger partial charge < -0.3 is 17.2 Å². The van der Waals surface area contributed by atoms with E-state index in [1.807, 2.05) is 30.7 Å². The molecule has 1 radical (unpaired) electrons. The van der Waals surface area contributed by atoms with Gasteiger partial charge in [-0.2, -0.15) is 0 Å². The van der Waals surface area contributed by atoms with Crippen LogP contribution in [-0.2, 0) is 23.6 Å². The number of hydrogen-bond acceptors (Lipinski definition) is 3. The van der Waals surface area contributed by atoms with Crippen LogP contribution in [0.4, 0.5) is 7.88 Å². The van der Waals surface area contributed by atoms with E-state index in [0.29, 0.717) is 0 Å². The molecule has 0 aromatic carbocycles. The normalized spacial score (nSPS) is 8.87. The third-order valence-corrected chi connectivity index (χ3v) is 0.556. The fourth-order valence-electron chi connectivity index (χ4n) is 0.321. The standard InChI is InChI=1S/C5H5.3CH5N.3FH.Zr/c1-2-4-5-3-1;3*1-2;;;;/h1-5H;3*2H2,1H3;3*1H;/q;;;;;;;+3/p-3. The summed E-state index contributed by atoms with van der Waals surface area (Å²) >= 11 is -5.04. The summed E-state index contributed by atoms with van der Waals surface area (Å²) < 4.78 is 29.6. The maximum absolute atomic E-state index is 9.86. The Kier molecular flexibility index (Phi) is 59.9. The van der Waals surface area contributed by atoms with Gasteiger partial charge in [0.2, 0.25) is 0 Å². The van der Waals surface area contributed by atoms with Crippen LogP contribution in [0.5, 0.6) is 0 Å². The Morgan fingerprint density at radius 3 is 0.933 bits per heavy atom. The molecule has 0 atom stereocenters. The van der Waals surface area contributed by atoms with Crippen molar-refractivity contribution in [2.75, 3.05) is 21.1 Å². The topological polar surface area (TPSA) is 78.1 Å². The fourth-order valence-corrected chi connectivity index (χ4v) is 0.321. The van der Waals surface area contributed by atoms with Crippen LogP contribution in [0.25, 0.3) is 0 Å². The second-order valence-corrected chi connectivity index (χ2v) is 2.23. The molecule has 0 heterocycles. The minimum atomic E-state index is -5.04. The van der Waals surface area contributed by atoms with Crippen LogP contribution in [0, 0.1) is 6.42 Å². The molecule has 0 aromatic heterocycles. The summed E-state index contributed by atoms with van der Waals surface area (Å²) in [5.74, 6) is 0. The van der Waals surface area contributed by atoms with Crippen molar-refractivity contribution in [3.63, 3.8) is 0 Å². The Morgan fingerprint density at radius 2 is 0.867 bits per heavy atom. The number of halogens is 3. The average Bonchev–Trinajstić information content (AvgIpc) is 2.83. The van der Waals surface area contributed by atoms with Crippen LogP contribution in [0.3, 0.4) is 0 Å². The monoisotopic (exact) mass is 305 g/mol. The van der Waals surface area contributed by atoms with E-state index in [1.54, 1.807) is 0 Å². The second kappa shape index (κ2) is 36.9. The average molecular weight is 306 g/mol. The Labute approximate surface area is 101 Å². The van der Waals surface area contributed by atoms with Crippen molar-refractivity contribution < 1.29 is 31.5 Å². The van der Waals surface area contributed by atoms with Crippen LogP contribution < -0.4 is 17.2 Å². The predicted molar refractivity (Wildman–Crippen MR) is 56.2 cm³/mol. The van der Waals surface area contributed by atoms with Crippen molar-refractivity contribution in [1.29, 1.82) is 0 Å². The van der Waals surface area contributed by atoms with E-state index in [-0.39, 0.29) is 0 Å². The molecule has 1 rings (SSSR count). The van der Waals surface area contributed by atoms with Crippen molar-refractivity contribution in [1.82, 2.24) is 0 Å². The molecule has 15 heavy (non-hydrogen) atoms. The van der Waals surface area contributed by atoms with Gasteiger partial charge in [-0.15, -0.1) is 0 Å². The molecule has 1 aliphatic rings. The molecular formula is C8H20F3N3Zr. The van der Waals surface area contributed by atoms with Gasteiger partial charge in [0.05, 0.1) is 0 Å². The van der Waals surface area contributed by atoms with Gasteiger partial charge in [0, 0.05) is 6.42 Å². The number of nitrogens with two attached hydrogens (primary N) is 3. The molecule has 0 unspecified atom stereocenters. The summed E-state index contributed by atoms with van der Waals surface area (Å²) in [5, 5.41) is 0. The first-order chi connectivity index (χ1) is 7.23.